The molecule has 1 fully saturated rings. The molecule has 1 rings (SSSR count). The van der Waals surface area contributed by atoms with E-state index in [0.717, 1.165) is 0 Å². The van der Waals surface area contributed by atoms with Crippen LogP contribution in [0.4, 0.5) is 0 Å². The van der Waals surface area contributed by atoms with E-state index in [9.17, 15) is 9.59 Å². The molecule has 2 atom stereocenters. The Kier molecular flexibility index (Phi) is 3.11. The summed E-state index contributed by atoms with van der Waals surface area (Å²) in [6, 6.07) is -0.487. The van der Waals surface area contributed by atoms with Gasteiger partial charge in [0.05, 0.1) is 5.37 Å². The number of hydrogen-bond acceptors (Lipinski definition) is 4. The zero-order chi connectivity index (χ0) is 9.14. The first-order chi connectivity index (χ1) is 5.59. The maximum Gasteiger partial charge on any atom is 0.321 e. The second-order valence-corrected chi connectivity index (χ2v) is 4.02. The highest BCUT2D eigenvalue weighted by atomic mass is 32.2. The molecule has 4 nitrogen and oxygen atoms in total. The van der Waals surface area contributed by atoms with Gasteiger partial charge in [-0.2, -0.15) is 0 Å². The Morgan fingerprint density at radius 1 is 1.67 bits per heavy atom. The highest BCUT2D eigenvalue weighted by Crippen LogP contribution is 2.21. The van der Waals surface area contributed by atoms with Crippen LogP contribution in [0.2, 0.25) is 0 Å². The van der Waals surface area contributed by atoms with Crippen molar-refractivity contribution in [1.29, 1.82) is 0 Å². The highest BCUT2D eigenvalue weighted by molar-refractivity contribution is 8.00. The molecule has 0 aromatic rings. The van der Waals surface area contributed by atoms with Crippen LogP contribution in [0.3, 0.4) is 0 Å². The third-order valence-corrected chi connectivity index (χ3v) is 2.85. The smallest absolute Gasteiger partial charge is 0.321 e. The molecular weight excluding hydrogens is 178 g/mol. The lowest BCUT2D eigenvalue weighted by molar-refractivity contribution is -0.138. The van der Waals surface area contributed by atoms with Gasteiger partial charge in [0, 0.05) is 12.2 Å². The topological polar surface area (TPSA) is 66.4 Å². The van der Waals surface area contributed by atoms with Gasteiger partial charge in [0.1, 0.15) is 11.8 Å². The molecular formula is C7H11NO3S. The second-order valence-electron chi connectivity index (χ2n) is 2.79. The number of carboxylic acid groups (broad SMARTS) is 1. The van der Waals surface area contributed by atoms with Crippen LogP contribution in [0, 0.1) is 0 Å². The molecule has 68 valence electrons. The lowest BCUT2D eigenvalue weighted by Crippen LogP contribution is -2.37. The molecule has 0 radical (unpaired) electrons. The minimum Gasteiger partial charge on any atom is -0.480 e. The van der Waals surface area contributed by atoms with Gasteiger partial charge in [-0.1, -0.05) is 0 Å². The number of carboxylic acids is 1. The molecule has 0 aliphatic carbocycles. The second kappa shape index (κ2) is 3.91. The number of rotatable bonds is 3. The third kappa shape index (κ3) is 2.49. The fraction of sp³-hybridized carbons (Fsp3) is 0.714. The number of carbonyl (C=O) groups excluding carboxylic acids is 1. The minimum absolute atomic E-state index is 0.0106. The molecule has 2 N–H and O–H groups in total. The van der Waals surface area contributed by atoms with E-state index >= 15 is 0 Å². The van der Waals surface area contributed by atoms with Gasteiger partial charge in [0.25, 0.3) is 0 Å². The van der Waals surface area contributed by atoms with Gasteiger partial charge in [-0.25, -0.2) is 0 Å². The number of Topliss-reactive ketones (excluding diaryl/α,β-unsaturated/α-hetero) is 1. The normalized spacial score (nSPS) is 28.8. The molecule has 0 bridgehead atoms. The molecule has 1 heterocycles. The van der Waals surface area contributed by atoms with E-state index in [-0.39, 0.29) is 11.2 Å². The first kappa shape index (κ1) is 9.54. The van der Waals surface area contributed by atoms with Gasteiger partial charge in [-0.05, 0) is 6.92 Å². The predicted octanol–water partition coefficient (Wildman–Crippen LogP) is 0.0812. The number of hydrogen-bond donors (Lipinski definition) is 2. The van der Waals surface area contributed by atoms with Crippen LogP contribution in [0.15, 0.2) is 0 Å². The van der Waals surface area contributed by atoms with Gasteiger partial charge < -0.3 is 5.11 Å². The van der Waals surface area contributed by atoms with Crippen LogP contribution >= 0.6 is 11.8 Å². The minimum atomic E-state index is -0.839. The zero-order valence-electron chi connectivity index (χ0n) is 6.74. The van der Waals surface area contributed by atoms with E-state index in [1.165, 1.54) is 18.7 Å². The van der Waals surface area contributed by atoms with Crippen LogP contribution in [0.5, 0.6) is 0 Å². The molecule has 0 amide bonds. The summed E-state index contributed by atoms with van der Waals surface area (Å²) in [4.78, 5) is 21.1. The first-order valence-electron chi connectivity index (χ1n) is 3.69. The van der Waals surface area contributed by atoms with E-state index in [1.54, 1.807) is 0 Å². The average molecular weight is 189 g/mol. The highest BCUT2D eigenvalue weighted by Gasteiger charge is 2.29. The summed E-state index contributed by atoms with van der Waals surface area (Å²) < 4.78 is 0. The van der Waals surface area contributed by atoms with Crippen molar-refractivity contribution in [3.05, 3.63) is 0 Å². The van der Waals surface area contributed by atoms with Gasteiger partial charge in [-0.15, -0.1) is 11.8 Å². The number of aliphatic carboxylic acids is 1. The van der Waals surface area contributed by atoms with Gasteiger partial charge in [0.15, 0.2) is 0 Å². The Balaban J connectivity index is 2.35. The largest absolute Gasteiger partial charge is 0.480 e. The SMILES string of the molecule is CC(=O)CC1NC(C(=O)O)CS1. The molecule has 5 heteroatoms. The summed E-state index contributed by atoms with van der Waals surface area (Å²) in [5, 5.41) is 11.5. The van der Waals surface area contributed by atoms with Crippen molar-refractivity contribution in [1.82, 2.24) is 5.32 Å². The summed E-state index contributed by atoms with van der Waals surface area (Å²) in [7, 11) is 0. The molecule has 0 aromatic heterocycles. The van der Waals surface area contributed by atoms with Crippen molar-refractivity contribution in [3.8, 4) is 0 Å². The van der Waals surface area contributed by atoms with Crippen LogP contribution in [0.1, 0.15) is 13.3 Å². The number of nitrogens with one attached hydrogen (secondary N) is 1. The van der Waals surface area contributed by atoms with Crippen molar-refractivity contribution in [2.75, 3.05) is 5.75 Å². The summed E-state index contributed by atoms with van der Waals surface area (Å²) in [5.41, 5.74) is 0. The molecule has 1 aliphatic rings. The molecule has 0 spiro atoms. The summed E-state index contributed by atoms with van der Waals surface area (Å²) in [6.45, 7) is 1.51. The Morgan fingerprint density at radius 3 is 2.75 bits per heavy atom. The van der Waals surface area contributed by atoms with E-state index in [0.29, 0.717) is 12.2 Å². The average Bonchev–Trinajstić information content (AvgIpc) is 2.34. The van der Waals surface area contributed by atoms with Crippen molar-refractivity contribution >= 4 is 23.5 Å². The number of ketones is 1. The fourth-order valence-corrected chi connectivity index (χ4v) is 2.33. The monoisotopic (exact) mass is 189 g/mol. The van der Waals surface area contributed by atoms with Crippen LogP contribution in [-0.2, 0) is 9.59 Å². The van der Waals surface area contributed by atoms with Gasteiger partial charge >= 0.3 is 5.97 Å². The summed E-state index contributed by atoms with van der Waals surface area (Å²) in [6.07, 6.45) is 0.411. The van der Waals surface area contributed by atoms with Crippen LogP contribution in [-0.4, -0.2) is 34.0 Å². The summed E-state index contributed by atoms with van der Waals surface area (Å²) >= 11 is 1.49. The van der Waals surface area contributed by atoms with Gasteiger partial charge in [0.2, 0.25) is 0 Å². The molecule has 1 aliphatic heterocycles. The number of carbonyl (C=O) groups is 2. The Labute approximate surface area is 74.7 Å². The Bertz CT molecular complexity index is 207. The predicted molar refractivity (Wildman–Crippen MR) is 46.1 cm³/mol. The van der Waals surface area contributed by atoms with Gasteiger partial charge in [-0.3, -0.25) is 14.9 Å². The molecule has 12 heavy (non-hydrogen) atoms. The maximum atomic E-state index is 10.7. The van der Waals surface area contributed by atoms with Crippen LogP contribution in [0.25, 0.3) is 0 Å². The zero-order valence-corrected chi connectivity index (χ0v) is 7.56. The van der Waals surface area contributed by atoms with Crippen molar-refractivity contribution in [2.45, 2.75) is 24.8 Å². The van der Waals surface area contributed by atoms with Crippen molar-refractivity contribution < 1.29 is 14.7 Å². The standard InChI is InChI=1S/C7H11NO3S/c1-4(9)2-6-8-5(3-12-6)7(10)11/h5-6,8H,2-3H2,1H3,(H,10,11). The summed E-state index contributed by atoms with van der Waals surface area (Å²) in [5.74, 6) is -0.201. The molecule has 0 aromatic carbocycles. The molecule has 2 unspecified atom stereocenters. The van der Waals surface area contributed by atoms with Crippen LogP contribution < -0.4 is 5.32 Å². The third-order valence-electron chi connectivity index (χ3n) is 1.62. The molecule has 0 saturated carbocycles. The lowest BCUT2D eigenvalue weighted by atomic mass is 10.3. The quantitative estimate of drug-likeness (QED) is 0.658. The Morgan fingerprint density at radius 2 is 2.33 bits per heavy atom. The van der Waals surface area contributed by atoms with E-state index in [4.69, 9.17) is 5.11 Å². The van der Waals surface area contributed by atoms with Crippen molar-refractivity contribution in [3.63, 3.8) is 0 Å². The van der Waals surface area contributed by atoms with Crippen molar-refractivity contribution in [2.24, 2.45) is 0 Å². The first-order valence-corrected chi connectivity index (χ1v) is 4.74. The number of thioether (sulfide) groups is 1. The van der Waals surface area contributed by atoms with E-state index < -0.39 is 12.0 Å². The fourth-order valence-electron chi connectivity index (χ4n) is 1.05. The molecule has 1 saturated heterocycles. The van der Waals surface area contributed by atoms with E-state index in [1.807, 2.05) is 0 Å². The lowest BCUT2D eigenvalue weighted by Gasteiger charge is -2.07. The Hall–Kier alpha value is -0.550. The maximum absolute atomic E-state index is 10.7. The van der Waals surface area contributed by atoms with E-state index in [2.05, 4.69) is 5.32 Å².